The number of halogens is 3. The van der Waals surface area contributed by atoms with Crippen LogP contribution >= 0.6 is 0 Å². The molecule has 2 aromatic carbocycles. The van der Waals surface area contributed by atoms with Crippen molar-refractivity contribution in [1.82, 2.24) is 9.62 Å². The van der Waals surface area contributed by atoms with E-state index in [4.69, 9.17) is 4.74 Å². The Morgan fingerprint density at radius 3 is 2.36 bits per heavy atom. The van der Waals surface area contributed by atoms with Crippen molar-refractivity contribution >= 4 is 15.9 Å². The normalized spacial score (nSPS) is 21.5. The number of alkyl halides is 3. The van der Waals surface area contributed by atoms with E-state index >= 15 is 0 Å². The number of sulfonamides is 1. The summed E-state index contributed by atoms with van der Waals surface area (Å²) in [5.41, 5.74) is 0.681. The van der Waals surface area contributed by atoms with Gasteiger partial charge < -0.3 is 10.1 Å². The molecule has 33 heavy (non-hydrogen) atoms. The largest absolute Gasteiger partial charge is 0.416 e. The van der Waals surface area contributed by atoms with Crippen molar-refractivity contribution in [3.8, 4) is 0 Å². The molecule has 1 heterocycles. The molecule has 1 saturated carbocycles. The lowest BCUT2D eigenvalue weighted by Crippen LogP contribution is -2.41. The van der Waals surface area contributed by atoms with Crippen LogP contribution in [0, 0.1) is 5.92 Å². The molecule has 6 nitrogen and oxygen atoms in total. The van der Waals surface area contributed by atoms with Gasteiger partial charge in [-0.15, -0.1) is 0 Å². The van der Waals surface area contributed by atoms with Gasteiger partial charge in [-0.3, -0.25) is 4.79 Å². The van der Waals surface area contributed by atoms with Crippen molar-refractivity contribution in [2.75, 3.05) is 26.3 Å². The van der Waals surface area contributed by atoms with Crippen molar-refractivity contribution in [3.05, 3.63) is 70.8 Å². The average Bonchev–Trinajstić information content (AvgIpc) is 3.59. The monoisotopic (exact) mass is 482 g/mol. The van der Waals surface area contributed by atoms with Gasteiger partial charge in [0.25, 0.3) is 0 Å². The number of hydrogen-bond donors (Lipinski definition) is 1. The van der Waals surface area contributed by atoms with Crippen molar-refractivity contribution in [2.24, 2.45) is 5.92 Å². The Bertz CT molecular complexity index is 1110. The number of amides is 1. The second kappa shape index (κ2) is 9.44. The van der Waals surface area contributed by atoms with E-state index < -0.39 is 33.6 Å². The fraction of sp³-hybridized carbons (Fsp3) is 0.435. The van der Waals surface area contributed by atoms with Crippen LogP contribution in [-0.2, 0) is 38.0 Å². The Morgan fingerprint density at radius 1 is 1.03 bits per heavy atom. The summed E-state index contributed by atoms with van der Waals surface area (Å²) < 4.78 is 72.0. The standard InChI is InChI=1S/C23H25F3N2O4S/c24-23(25,26)21-8-4-3-7-18(21)19-13-20(19)22(29)27-14-16-5-1-2-6-17(16)15-33(30,31)28-9-11-32-12-10-28/h1-8,19-20H,9-15H2,(H,27,29). The molecule has 1 aliphatic carbocycles. The number of nitrogens with zero attached hydrogens (tertiary/aromatic N) is 1. The van der Waals surface area contributed by atoms with Crippen LogP contribution in [0.25, 0.3) is 0 Å². The zero-order chi connectivity index (χ0) is 23.6. The van der Waals surface area contributed by atoms with Crippen LogP contribution in [0.5, 0.6) is 0 Å². The molecular formula is C23H25F3N2O4S. The van der Waals surface area contributed by atoms with E-state index in [9.17, 15) is 26.4 Å². The Labute approximate surface area is 190 Å². The first-order valence-corrected chi connectivity index (χ1v) is 12.3. The molecule has 10 heteroatoms. The number of benzene rings is 2. The first kappa shape index (κ1) is 23.7. The summed E-state index contributed by atoms with van der Waals surface area (Å²) in [5.74, 6) is -1.52. The third kappa shape index (κ3) is 5.56. The smallest absolute Gasteiger partial charge is 0.379 e. The van der Waals surface area contributed by atoms with Gasteiger partial charge in [0, 0.05) is 25.6 Å². The second-order valence-corrected chi connectivity index (χ2v) is 10.3. The molecule has 1 aliphatic heterocycles. The lowest BCUT2D eigenvalue weighted by Gasteiger charge is -2.26. The highest BCUT2D eigenvalue weighted by molar-refractivity contribution is 7.88. The third-order valence-electron chi connectivity index (χ3n) is 6.07. The van der Waals surface area contributed by atoms with E-state index in [2.05, 4.69) is 5.32 Å². The molecule has 2 aliphatic rings. The van der Waals surface area contributed by atoms with E-state index in [1.54, 1.807) is 30.3 Å². The van der Waals surface area contributed by atoms with E-state index in [1.807, 2.05) is 0 Å². The molecular weight excluding hydrogens is 457 g/mol. The molecule has 0 radical (unpaired) electrons. The van der Waals surface area contributed by atoms with Crippen LogP contribution in [0.3, 0.4) is 0 Å². The maximum Gasteiger partial charge on any atom is 0.416 e. The van der Waals surface area contributed by atoms with E-state index in [0.29, 0.717) is 43.9 Å². The van der Waals surface area contributed by atoms with E-state index in [0.717, 1.165) is 6.07 Å². The Balaban J connectivity index is 1.40. The van der Waals surface area contributed by atoms with Gasteiger partial charge in [0.15, 0.2) is 0 Å². The molecule has 1 amide bonds. The number of hydrogen-bond acceptors (Lipinski definition) is 4. The maximum atomic E-state index is 13.3. The molecule has 0 spiro atoms. The minimum absolute atomic E-state index is 0.109. The predicted octanol–water partition coefficient (Wildman–Crippen LogP) is 3.29. The molecule has 178 valence electrons. The molecule has 0 aromatic heterocycles. The fourth-order valence-corrected chi connectivity index (χ4v) is 5.77. The van der Waals surface area contributed by atoms with Gasteiger partial charge in [0.2, 0.25) is 15.9 Å². The van der Waals surface area contributed by atoms with Gasteiger partial charge in [0.05, 0.1) is 24.5 Å². The highest BCUT2D eigenvalue weighted by atomic mass is 32.2. The molecule has 2 fully saturated rings. The van der Waals surface area contributed by atoms with Gasteiger partial charge in [-0.25, -0.2) is 8.42 Å². The Morgan fingerprint density at radius 2 is 1.67 bits per heavy atom. The van der Waals surface area contributed by atoms with Crippen LogP contribution in [0.2, 0.25) is 0 Å². The van der Waals surface area contributed by atoms with Crippen LogP contribution < -0.4 is 5.32 Å². The van der Waals surface area contributed by atoms with Crippen molar-refractivity contribution in [1.29, 1.82) is 0 Å². The zero-order valence-corrected chi connectivity index (χ0v) is 18.7. The molecule has 2 atom stereocenters. The first-order chi connectivity index (χ1) is 15.7. The highest BCUT2D eigenvalue weighted by Crippen LogP contribution is 2.51. The summed E-state index contributed by atoms with van der Waals surface area (Å²) in [5, 5.41) is 2.78. The minimum Gasteiger partial charge on any atom is -0.379 e. The lowest BCUT2D eigenvalue weighted by molar-refractivity contribution is -0.138. The quantitative estimate of drug-likeness (QED) is 0.657. The second-order valence-electron chi connectivity index (χ2n) is 8.29. The Kier molecular flexibility index (Phi) is 6.78. The van der Waals surface area contributed by atoms with Gasteiger partial charge >= 0.3 is 6.18 Å². The highest BCUT2D eigenvalue weighted by Gasteiger charge is 2.47. The number of morpholine rings is 1. The number of carbonyl (C=O) groups is 1. The number of nitrogens with one attached hydrogen (secondary N) is 1. The fourth-order valence-electron chi connectivity index (χ4n) is 4.20. The van der Waals surface area contributed by atoms with Gasteiger partial charge in [0.1, 0.15) is 0 Å². The van der Waals surface area contributed by atoms with Crippen molar-refractivity contribution in [3.63, 3.8) is 0 Å². The van der Waals surface area contributed by atoms with Crippen molar-refractivity contribution < 1.29 is 31.1 Å². The number of ether oxygens (including phenoxy) is 1. The molecule has 0 bridgehead atoms. The van der Waals surface area contributed by atoms with Crippen LogP contribution in [0.1, 0.15) is 34.6 Å². The number of carbonyl (C=O) groups excluding carboxylic acids is 1. The van der Waals surface area contributed by atoms with Gasteiger partial charge in [-0.2, -0.15) is 17.5 Å². The molecule has 4 rings (SSSR count). The summed E-state index contributed by atoms with van der Waals surface area (Å²) in [6.45, 7) is 1.44. The first-order valence-electron chi connectivity index (χ1n) is 10.7. The Hall–Kier alpha value is -2.43. The summed E-state index contributed by atoms with van der Waals surface area (Å²) in [6.07, 6.45) is -4.11. The van der Waals surface area contributed by atoms with Crippen molar-refractivity contribution in [2.45, 2.75) is 30.8 Å². The van der Waals surface area contributed by atoms with Gasteiger partial charge in [-0.1, -0.05) is 42.5 Å². The molecule has 2 aromatic rings. The number of rotatable bonds is 7. The summed E-state index contributed by atoms with van der Waals surface area (Å²) in [6, 6.07) is 12.3. The summed E-state index contributed by atoms with van der Waals surface area (Å²) in [7, 11) is -3.53. The maximum absolute atomic E-state index is 13.3. The minimum atomic E-state index is -4.47. The topological polar surface area (TPSA) is 75.7 Å². The van der Waals surface area contributed by atoms with Crippen LogP contribution in [-0.4, -0.2) is 44.9 Å². The molecule has 1 saturated heterocycles. The summed E-state index contributed by atoms with van der Waals surface area (Å²) >= 11 is 0. The van der Waals surface area contributed by atoms with E-state index in [1.165, 1.54) is 16.4 Å². The molecule has 2 unspecified atom stereocenters. The lowest BCUT2D eigenvalue weighted by atomic mass is 10.0. The van der Waals surface area contributed by atoms with Crippen LogP contribution in [0.4, 0.5) is 13.2 Å². The predicted molar refractivity (Wildman–Crippen MR) is 116 cm³/mol. The summed E-state index contributed by atoms with van der Waals surface area (Å²) in [4.78, 5) is 12.6. The van der Waals surface area contributed by atoms with Gasteiger partial charge in [-0.05, 0) is 35.1 Å². The third-order valence-corrected chi connectivity index (χ3v) is 7.89. The van der Waals surface area contributed by atoms with Crippen LogP contribution in [0.15, 0.2) is 48.5 Å². The average molecular weight is 483 g/mol. The molecule has 1 N–H and O–H groups in total. The van der Waals surface area contributed by atoms with E-state index in [-0.39, 0.29) is 23.8 Å². The SMILES string of the molecule is O=C(NCc1ccccc1CS(=O)(=O)N1CCOCC1)C1CC1c1ccccc1C(F)(F)F. The zero-order valence-electron chi connectivity index (χ0n) is 17.8.